The van der Waals surface area contributed by atoms with Gasteiger partial charge in [-0.15, -0.1) is 0 Å². The summed E-state index contributed by atoms with van der Waals surface area (Å²) >= 11 is 0. The van der Waals surface area contributed by atoms with Crippen molar-refractivity contribution in [3.05, 3.63) is 0 Å². The summed E-state index contributed by atoms with van der Waals surface area (Å²) in [6, 6.07) is 0. The van der Waals surface area contributed by atoms with Gasteiger partial charge in [-0.1, -0.05) is 0 Å². The van der Waals surface area contributed by atoms with E-state index in [0.717, 1.165) is 13.2 Å². The lowest BCUT2D eigenvalue weighted by Gasteiger charge is -2.08. The van der Waals surface area contributed by atoms with Gasteiger partial charge in [-0.3, -0.25) is 0 Å². The first kappa shape index (κ1) is 10.4. The Balaban J connectivity index is 2.97. The third-order valence-corrected chi connectivity index (χ3v) is 7.12. The first-order valence-corrected chi connectivity index (χ1v) is 8.02. The molecule has 0 aromatic carbocycles. The molecule has 0 amide bonds. The predicted octanol–water partition coefficient (Wildman–Crippen LogP) is 0.454. The van der Waals surface area contributed by atoms with E-state index in [1.54, 1.807) is 0 Å². The fourth-order valence-corrected chi connectivity index (χ4v) is 4.28. The lowest BCUT2D eigenvalue weighted by atomic mass is 10.9. The molecule has 0 aliphatic carbocycles. The molecule has 1 unspecified atom stereocenters. The number of hydrogen-bond acceptors (Lipinski definition) is 2. The number of rotatable bonds is 6. The summed E-state index contributed by atoms with van der Waals surface area (Å²) in [5.41, 5.74) is 1.28. The molecule has 0 saturated carbocycles. The molecule has 0 heterocycles. The standard InChI is InChI=1S/C6H18O2Si2/c1-4-7-9-6-10(3)8-5-2/h10H,4-6,9H2,1-3H3. The van der Waals surface area contributed by atoms with Crippen LogP contribution in [0.15, 0.2) is 0 Å². The zero-order valence-corrected chi connectivity index (χ0v) is 9.79. The average molecular weight is 178 g/mol. The van der Waals surface area contributed by atoms with Crippen molar-refractivity contribution >= 4 is 18.8 Å². The van der Waals surface area contributed by atoms with Crippen molar-refractivity contribution in [3.8, 4) is 0 Å². The maximum atomic E-state index is 5.48. The second-order valence-electron chi connectivity index (χ2n) is 2.25. The highest BCUT2D eigenvalue weighted by molar-refractivity contribution is 6.61. The van der Waals surface area contributed by atoms with Crippen LogP contribution in [-0.4, -0.2) is 32.0 Å². The van der Waals surface area contributed by atoms with Gasteiger partial charge >= 0.3 is 0 Å². The van der Waals surface area contributed by atoms with Crippen LogP contribution in [0.3, 0.4) is 0 Å². The van der Waals surface area contributed by atoms with E-state index in [1.165, 1.54) is 5.67 Å². The van der Waals surface area contributed by atoms with E-state index in [2.05, 4.69) is 20.4 Å². The minimum atomic E-state index is -0.797. The van der Waals surface area contributed by atoms with Crippen LogP contribution in [0.4, 0.5) is 0 Å². The summed E-state index contributed by atoms with van der Waals surface area (Å²) in [5, 5.41) is 0. The van der Waals surface area contributed by atoms with E-state index in [9.17, 15) is 0 Å². The van der Waals surface area contributed by atoms with Gasteiger partial charge in [0.1, 0.15) is 0 Å². The first-order valence-electron chi connectivity index (χ1n) is 4.00. The van der Waals surface area contributed by atoms with Gasteiger partial charge in [0.2, 0.25) is 0 Å². The Kier molecular flexibility index (Phi) is 7.72. The fourth-order valence-electron chi connectivity index (χ4n) is 0.761. The molecule has 0 N–H and O–H groups in total. The smallest absolute Gasteiger partial charge is 0.172 e. The van der Waals surface area contributed by atoms with E-state index in [4.69, 9.17) is 8.85 Å². The third kappa shape index (κ3) is 6.47. The van der Waals surface area contributed by atoms with E-state index < -0.39 is 9.04 Å². The summed E-state index contributed by atoms with van der Waals surface area (Å²) in [7, 11) is -1.02. The molecule has 0 bridgehead atoms. The Morgan fingerprint density at radius 3 is 2.50 bits per heavy atom. The molecule has 0 aliphatic rings. The SMILES string of the molecule is CCO[SiH2]C[SiH](C)OCC. The van der Waals surface area contributed by atoms with Gasteiger partial charge in [-0.25, -0.2) is 0 Å². The molecule has 0 aromatic rings. The predicted molar refractivity (Wildman–Crippen MR) is 49.6 cm³/mol. The molecule has 62 valence electrons. The highest BCUT2D eigenvalue weighted by atomic mass is 28.3. The Morgan fingerprint density at radius 1 is 1.30 bits per heavy atom. The first-order chi connectivity index (χ1) is 4.81. The molecular weight excluding hydrogens is 160 g/mol. The van der Waals surface area contributed by atoms with Gasteiger partial charge in [0.15, 0.2) is 18.8 Å². The third-order valence-electron chi connectivity index (χ3n) is 1.32. The zero-order chi connectivity index (χ0) is 7.82. The van der Waals surface area contributed by atoms with Crippen LogP contribution >= 0.6 is 0 Å². The molecule has 0 radical (unpaired) electrons. The summed E-state index contributed by atoms with van der Waals surface area (Å²) in [6.45, 7) is 8.13. The van der Waals surface area contributed by atoms with Crippen molar-refractivity contribution in [2.45, 2.75) is 26.1 Å². The Labute approximate surface area is 67.6 Å². The summed E-state index contributed by atoms with van der Waals surface area (Å²) in [4.78, 5) is 0. The monoisotopic (exact) mass is 178 g/mol. The van der Waals surface area contributed by atoms with Crippen molar-refractivity contribution in [1.29, 1.82) is 0 Å². The lowest BCUT2D eigenvalue weighted by molar-refractivity contribution is 0.341. The molecule has 0 fully saturated rings. The summed E-state index contributed by atoms with van der Waals surface area (Å²) in [5.74, 6) is 0. The topological polar surface area (TPSA) is 18.5 Å². The van der Waals surface area contributed by atoms with Crippen molar-refractivity contribution in [1.82, 2.24) is 0 Å². The molecule has 10 heavy (non-hydrogen) atoms. The minimum absolute atomic E-state index is 0.220. The maximum Gasteiger partial charge on any atom is 0.172 e. The Bertz CT molecular complexity index is 70.8. The lowest BCUT2D eigenvalue weighted by Crippen LogP contribution is -2.17. The normalized spacial score (nSPS) is 14.7. The molecular formula is C6H18O2Si2. The van der Waals surface area contributed by atoms with Gasteiger partial charge < -0.3 is 8.85 Å². The molecule has 2 nitrogen and oxygen atoms in total. The molecule has 0 saturated heterocycles. The summed E-state index contributed by atoms with van der Waals surface area (Å²) in [6.07, 6.45) is 0. The van der Waals surface area contributed by atoms with Crippen LogP contribution in [-0.2, 0) is 8.85 Å². The second kappa shape index (κ2) is 7.46. The van der Waals surface area contributed by atoms with Crippen LogP contribution < -0.4 is 0 Å². The molecule has 1 atom stereocenters. The van der Waals surface area contributed by atoms with Crippen molar-refractivity contribution in [2.75, 3.05) is 13.2 Å². The molecule has 0 rings (SSSR count). The maximum absolute atomic E-state index is 5.48. The van der Waals surface area contributed by atoms with Crippen LogP contribution in [0.5, 0.6) is 0 Å². The Morgan fingerprint density at radius 2 is 2.00 bits per heavy atom. The van der Waals surface area contributed by atoms with E-state index >= 15 is 0 Å². The van der Waals surface area contributed by atoms with E-state index in [0.29, 0.717) is 0 Å². The Hall–Kier alpha value is 0.354. The van der Waals surface area contributed by atoms with Crippen molar-refractivity contribution in [2.24, 2.45) is 0 Å². The van der Waals surface area contributed by atoms with Crippen LogP contribution in [0.2, 0.25) is 12.2 Å². The van der Waals surface area contributed by atoms with Gasteiger partial charge in [-0.2, -0.15) is 0 Å². The quantitative estimate of drug-likeness (QED) is 0.434. The van der Waals surface area contributed by atoms with Gasteiger partial charge in [0, 0.05) is 13.2 Å². The van der Waals surface area contributed by atoms with E-state index in [-0.39, 0.29) is 9.76 Å². The van der Waals surface area contributed by atoms with Crippen LogP contribution in [0.1, 0.15) is 13.8 Å². The molecule has 0 aromatic heterocycles. The highest BCUT2D eigenvalue weighted by Gasteiger charge is 2.02. The van der Waals surface area contributed by atoms with Gasteiger partial charge in [0.25, 0.3) is 0 Å². The van der Waals surface area contributed by atoms with Gasteiger partial charge in [-0.05, 0) is 26.1 Å². The van der Waals surface area contributed by atoms with Crippen LogP contribution in [0.25, 0.3) is 0 Å². The number of hydrogen-bond donors (Lipinski definition) is 0. The average Bonchev–Trinajstić information content (AvgIpc) is 1.89. The molecule has 0 aliphatic heterocycles. The molecule has 4 heteroatoms. The fraction of sp³-hybridized carbons (Fsp3) is 1.00. The van der Waals surface area contributed by atoms with Gasteiger partial charge in [0.05, 0.1) is 0 Å². The second-order valence-corrected chi connectivity index (χ2v) is 7.33. The zero-order valence-electron chi connectivity index (χ0n) is 7.22. The van der Waals surface area contributed by atoms with Crippen molar-refractivity contribution < 1.29 is 8.85 Å². The minimum Gasteiger partial charge on any atom is -0.424 e. The van der Waals surface area contributed by atoms with Crippen molar-refractivity contribution in [3.63, 3.8) is 0 Å². The largest absolute Gasteiger partial charge is 0.424 e. The molecule has 0 spiro atoms. The summed E-state index contributed by atoms with van der Waals surface area (Å²) < 4.78 is 10.8. The highest BCUT2D eigenvalue weighted by Crippen LogP contribution is 1.92. The van der Waals surface area contributed by atoms with E-state index in [1.807, 2.05) is 0 Å². The van der Waals surface area contributed by atoms with Crippen LogP contribution in [0, 0.1) is 0 Å².